The van der Waals surface area contributed by atoms with Gasteiger partial charge in [-0.1, -0.05) is 158 Å². The van der Waals surface area contributed by atoms with E-state index in [9.17, 15) is 0 Å². The van der Waals surface area contributed by atoms with Crippen molar-refractivity contribution in [2.24, 2.45) is 0 Å². The van der Waals surface area contributed by atoms with Gasteiger partial charge in [0.15, 0.2) is 5.58 Å². The van der Waals surface area contributed by atoms with E-state index in [-0.39, 0.29) is 0 Å². The lowest BCUT2D eigenvalue weighted by Crippen LogP contribution is -1.95. The van der Waals surface area contributed by atoms with Gasteiger partial charge in [0.25, 0.3) is 0 Å². The predicted molar refractivity (Wildman–Crippen MR) is 237 cm³/mol. The average Bonchev–Trinajstić information content (AvgIpc) is 3.68. The minimum Gasteiger partial charge on any atom is -0.436 e. The fourth-order valence-corrected chi connectivity index (χ4v) is 9.37. The fraction of sp³-hybridized carbons (Fsp3) is 0.0185. The van der Waals surface area contributed by atoms with Crippen LogP contribution in [0.4, 0.5) is 0 Å². The molecule has 2 heteroatoms. The van der Waals surface area contributed by atoms with Gasteiger partial charge in [-0.15, -0.1) is 0 Å². The summed E-state index contributed by atoms with van der Waals surface area (Å²) < 4.78 is 6.65. The number of nitrogens with zero attached hydrogens (tertiary/aromatic N) is 1. The summed E-state index contributed by atoms with van der Waals surface area (Å²) in [6.07, 6.45) is 0. The number of aryl methyl sites for hydroxylation is 1. The van der Waals surface area contributed by atoms with E-state index in [4.69, 9.17) is 9.40 Å². The Labute approximate surface area is 323 Å². The fourth-order valence-electron chi connectivity index (χ4n) is 9.37. The van der Waals surface area contributed by atoms with Gasteiger partial charge < -0.3 is 4.42 Å². The first-order valence-electron chi connectivity index (χ1n) is 19.3. The third-order valence-corrected chi connectivity index (χ3v) is 11.9. The lowest BCUT2D eigenvalue weighted by molar-refractivity contribution is 0.620. The standard InChI is InChI=1S/C54H33NO/c1-32-23-28-51-50(29-32)55-54(56-51)49-31-48(41-22-10-16-35-13-4-7-19-38(35)41)44-25-24-42-46(39-20-8-14-33-11-2-5-17-36(33)39)30-47(43-26-27-45(49)53(44)52(42)43)40-21-9-15-34-12-3-6-18-37(34)40/h2-31H,1H3. The second kappa shape index (κ2) is 11.9. The third kappa shape index (κ3) is 4.53. The van der Waals surface area contributed by atoms with Crippen LogP contribution in [0.3, 0.4) is 0 Å². The molecule has 11 aromatic carbocycles. The highest BCUT2D eigenvalue weighted by Crippen LogP contribution is 2.50. The summed E-state index contributed by atoms with van der Waals surface area (Å²) in [4.78, 5) is 5.16. The first-order chi connectivity index (χ1) is 27.7. The molecule has 0 spiro atoms. The topological polar surface area (TPSA) is 26.0 Å². The van der Waals surface area contributed by atoms with E-state index >= 15 is 0 Å². The smallest absolute Gasteiger partial charge is 0.227 e. The highest BCUT2D eigenvalue weighted by molar-refractivity contribution is 6.33. The Kier molecular flexibility index (Phi) is 6.58. The molecule has 1 aromatic heterocycles. The number of aromatic nitrogens is 1. The number of rotatable bonds is 4. The summed E-state index contributed by atoms with van der Waals surface area (Å²) >= 11 is 0. The van der Waals surface area contributed by atoms with Crippen molar-refractivity contribution in [1.29, 1.82) is 0 Å². The maximum Gasteiger partial charge on any atom is 0.227 e. The minimum absolute atomic E-state index is 0.633. The van der Waals surface area contributed by atoms with Crippen molar-refractivity contribution in [3.63, 3.8) is 0 Å². The molecule has 0 atom stereocenters. The molecule has 56 heavy (non-hydrogen) atoms. The highest BCUT2D eigenvalue weighted by atomic mass is 16.3. The Bertz CT molecular complexity index is 3440. The van der Waals surface area contributed by atoms with Gasteiger partial charge in [-0.05, 0) is 135 Å². The summed E-state index contributed by atoms with van der Waals surface area (Å²) in [6, 6.07) is 66.6. The first-order valence-corrected chi connectivity index (χ1v) is 19.3. The molecule has 0 unspecified atom stereocenters. The van der Waals surface area contributed by atoms with Crippen LogP contribution in [0.5, 0.6) is 0 Å². The van der Waals surface area contributed by atoms with Crippen LogP contribution >= 0.6 is 0 Å². The Morgan fingerprint density at radius 3 is 1.23 bits per heavy atom. The van der Waals surface area contributed by atoms with Crippen molar-refractivity contribution in [3.8, 4) is 44.8 Å². The van der Waals surface area contributed by atoms with E-state index in [1.54, 1.807) is 0 Å². The molecular formula is C54H33NO. The Balaban J connectivity index is 1.29. The quantitative estimate of drug-likeness (QED) is 0.170. The molecule has 0 aliphatic carbocycles. The maximum atomic E-state index is 6.65. The molecule has 12 aromatic rings. The summed E-state index contributed by atoms with van der Waals surface area (Å²) in [5.74, 6) is 0.633. The van der Waals surface area contributed by atoms with Gasteiger partial charge in [-0.25, -0.2) is 4.98 Å². The van der Waals surface area contributed by atoms with Crippen LogP contribution in [-0.4, -0.2) is 4.98 Å². The van der Waals surface area contributed by atoms with Crippen LogP contribution in [0.25, 0.3) is 121 Å². The molecule has 260 valence electrons. The predicted octanol–water partition coefficient (Wildman–Crippen LogP) is 15.2. The van der Waals surface area contributed by atoms with Gasteiger partial charge in [0.1, 0.15) is 5.52 Å². The molecule has 0 bridgehead atoms. The first kappa shape index (κ1) is 31.1. The third-order valence-electron chi connectivity index (χ3n) is 11.9. The van der Waals surface area contributed by atoms with Gasteiger partial charge in [0.05, 0.1) is 0 Å². The van der Waals surface area contributed by atoms with Gasteiger partial charge in [-0.3, -0.25) is 0 Å². The molecule has 2 nitrogen and oxygen atoms in total. The average molecular weight is 712 g/mol. The number of oxazole rings is 1. The summed E-state index contributed by atoms with van der Waals surface area (Å²) in [5, 5.41) is 14.7. The van der Waals surface area contributed by atoms with Crippen LogP contribution in [-0.2, 0) is 0 Å². The van der Waals surface area contributed by atoms with Gasteiger partial charge in [-0.2, -0.15) is 0 Å². The van der Waals surface area contributed by atoms with Crippen LogP contribution in [0.1, 0.15) is 5.56 Å². The summed E-state index contributed by atoms with van der Waals surface area (Å²) in [7, 11) is 0. The molecule has 0 fully saturated rings. The van der Waals surface area contributed by atoms with Crippen molar-refractivity contribution < 1.29 is 4.42 Å². The van der Waals surface area contributed by atoms with Crippen LogP contribution < -0.4 is 0 Å². The maximum absolute atomic E-state index is 6.65. The normalized spacial score (nSPS) is 12.0. The van der Waals surface area contributed by atoms with Crippen LogP contribution in [0.15, 0.2) is 186 Å². The largest absolute Gasteiger partial charge is 0.436 e. The van der Waals surface area contributed by atoms with Crippen LogP contribution in [0.2, 0.25) is 0 Å². The zero-order valence-electron chi connectivity index (χ0n) is 30.7. The summed E-state index contributed by atoms with van der Waals surface area (Å²) in [6.45, 7) is 2.10. The molecule has 0 aliphatic rings. The molecule has 0 aliphatic heterocycles. The highest BCUT2D eigenvalue weighted by Gasteiger charge is 2.24. The molecule has 12 rings (SSSR count). The Hall–Kier alpha value is -7.29. The van der Waals surface area contributed by atoms with Gasteiger partial charge in [0.2, 0.25) is 5.89 Å². The van der Waals surface area contributed by atoms with Gasteiger partial charge in [0, 0.05) is 5.56 Å². The van der Waals surface area contributed by atoms with E-state index in [1.807, 2.05) is 6.07 Å². The number of benzene rings is 11. The second-order valence-electron chi connectivity index (χ2n) is 15.1. The van der Waals surface area contributed by atoms with Crippen molar-refractivity contribution in [1.82, 2.24) is 4.98 Å². The molecule has 0 amide bonds. The monoisotopic (exact) mass is 711 g/mol. The van der Waals surface area contributed by atoms with Crippen molar-refractivity contribution in [3.05, 3.63) is 188 Å². The zero-order valence-corrected chi connectivity index (χ0v) is 30.7. The molecular weight excluding hydrogens is 679 g/mol. The van der Waals surface area contributed by atoms with E-state index in [1.165, 1.54) is 92.6 Å². The van der Waals surface area contributed by atoms with Crippen molar-refractivity contribution in [2.45, 2.75) is 6.92 Å². The molecule has 0 saturated carbocycles. The SMILES string of the molecule is Cc1ccc2oc(-c3cc(-c4cccc5ccccc45)c4ccc5c(-c6cccc7ccccc67)cc(-c6cccc7ccccc67)c6ccc3c4c65)nc2c1. The van der Waals surface area contributed by atoms with E-state index in [0.29, 0.717) is 5.89 Å². The number of fused-ring (bicyclic) bond motifs is 4. The Morgan fingerprint density at radius 1 is 0.339 bits per heavy atom. The lowest BCUT2D eigenvalue weighted by atomic mass is 9.81. The Morgan fingerprint density at radius 2 is 0.750 bits per heavy atom. The molecule has 0 N–H and O–H groups in total. The lowest BCUT2D eigenvalue weighted by Gasteiger charge is -2.22. The van der Waals surface area contributed by atoms with Gasteiger partial charge >= 0.3 is 0 Å². The van der Waals surface area contributed by atoms with E-state index in [0.717, 1.165) is 27.6 Å². The minimum atomic E-state index is 0.633. The van der Waals surface area contributed by atoms with E-state index in [2.05, 4.69) is 183 Å². The molecule has 0 radical (unpaired) electrons. The number of hydrogen-bond acceptors (Lipinski definition) is 2. The summed E-state index contributed by atoms with van der Waals surface area (Å²) in [5.41, 5.74) is 11.1. The van der Waals surface area contributed by atoms with Crippen molar-refractivity contribution in [2.75, 3.05) is 0 Å². The second-order valence-corrected chi connectivity index (χ2v) is 15.1. The van der Waals surface area contributed by atoms with E-state index < -0.39 is 0 Å². The van der Waals surface area contributed by atoms with Crippen LogP contribution in [0, 0.1) is 6.92 Å². The number of hydrogen-bond donors (Lipinski definition) is 0. The van der Waals surface area contributed by atoms with Crippen molar-refractivity contribution >= 4 is 75.7 Å². The molecule has 0 saturated heterocycles. The molecule has 1 heterocycles. The zero-order chi connectivity index (χ0) is 36.9.